The fraction of sp³-hybridized carbons (Fsp3) is 0.200. The highest BCUT2D eigenvalue weighted by Gasteiger charge is 2.18. The molecule has 0 aliphatic heterocycles. The summed E-state index contributed by atoms with van der Waals surface area (Å²) in [7, 11) is 1.88. The molecule has 0 saturated carbocycles. The van der Waals surface area contributed by atoms with E-state index in [2.05, 4.69) is 30.0 Å². The van der Waals surface area contributed by atoms with Gasteiger partial charge in [0.1, 0.15) is 11.4 Å². The summed E-state index contributed by atoms with van der Waals surface area (Å²) in [6.45, 7) is 1.94. The zero-order chi connectivity index (χ0) is 13.7. The van der Waals surface area contributed by atoms with E-state index in [1.807, 2.05) is 25.4 Å². The summed E-state index contributed by atoms with van der Waals surface area (Å²) >= 11 is 2.74. The minimum atomic E-state index is 0.675. The van der Waals surface area contributed by atoms with Crippen LogP contribution in [0.3, 0.4) is 0 Å². The molecule has 10 heteroatoms. The Bertz CT molecular complexity index is 884. The highest BCUT2D eigenvalue weighted by molar-refractivity contribution is 7.20. The molecule has 0 radical (unpaired) electrons. The van der Waals surface area contributed by atoms with Gasteiger partial charge in [0.15, 0.2) is 5.01 Å². The van der Waals surface area contributed by atoms with Gasteiger partial charge in [-0.25, -0.2) is 0 Å². The van der Waals surface area contributed by atoms with Crippen molar-refractivity contribution in [3.05, 3.63) is 17.1 Å². The fourth-order valence-electron chi connectivity index (χ4n) is 1.96. The average Bonchev–Trinajstić information content (AvgIpc) is 3.12. The molecule has 0 spiro atoms. The number of hydrogen-bond donors (Lipinski definition) is 0. The Kier molecular flexibility index (Phi) is 2.41. The van der Waals surface area contributed by atoms with Crippen molar-refractivity contribution >= 4 is 27.8 Å². The van der Waals surface area contributed by atoms with Crippen LogP contribution < -0.4 is 0 Å². The summed E-state index contributed by atoms with van der Waals surface area (Å²) < 4.78 is 7.34. The van der Waals surface area contributed by atoms with E-state index in [1.54, 1.807) is 9.20 Å². The number of hydrogen-bond acceptors (Lipinski definition) is 8. The lowest BCUT2D eigenvalue weighted by atomic mass is 10.3. The maximum atomic E-state index is 4.52. The topological polar surface area (TPSA) is 86.7 Å². The molecule has 0 atom stereocenters. The van der Waals surface area contributed by atoms with Crippen LogP contribution in [0.15, 0.2) is 11.4 Å². The summed E-state index contributed by atoms with van der Waals surface area (Å²) in [5.41, 5.74) is 2.57. The molecule has 0 fully saturated rings. The second kappa shape index (κ2) is 4.15. The average molecular weight is 304 g/mol. The van der Waals surface area contributed by atoms with Crippen molar-refractivity contribution in [2.75, 3.05) is 0 Å². The fourth-order valence-corrected chi connectivity index (χ4v) is 3.27. The van der Waals surface area contributed by atoms with Gasteiger partial charge in [0, 0.05) is 12.4 Å². The van der Waals surface area contributed by atoms with Crippen LogP contribution in [0.5, 0.6) is 0 Å². The van der Waals surface area contributed by atoms with Gasteiger partial charge in [-0.1, -0.05) is 15.8 Å². The normalized spacial score (nSPS) is 11.5. The lowest BCUT2D eigenvalue weighted by Gasteiger charge is -1.96. The van der Waals surface area contributed by atoms with Gasteiger partial charge < -0.3 is 0 Å². The van der Waals surface area contributed by atoms with Crippen LogP contribution in [0.2, 0.25) is 0 Å². The van der Waals surface area contributed by atoms with E-state index in [9.17, 15) is 0 Å². The molecule has 0 N–H and O–H groups in total. The first-order chi connectivity index (χ1) is 9.72. The minimum Gasteiger partial charge on any atom is -0.264 e. The SMILES string of the molecule is Cc1cc(-c2nnc3sc(-c4csnn4)nn23)n(C)n1. The Labute approximate surface area is 120 Å². The third kappa shape index (κ3) is 1.65. The molecule has 20 heavy (non-hydrogen) atoms. The number of aryl methyl sites for hydroxylation is 2. The van der Waals surface area contributed by atoms with E-state index in [1.165, 1.54) is 22.9 Å². The van der Waals surface area contributed by atoms with Crippen molar-refractivity contribution in [1.29, 1.82) is 0 Å². The molecule has 0 saturated heterocycles. The van der Waals surface area contributed by atoms with Gasteiger partial charge in [-0.3, -0.25) is 4.68 Å². The Morgan fingerprint density at radius 2 is 2.05 bits per heavy atom. The molecule has 0 bridgehead atoms. The van der Waals surface area contributed by atoms with Crippen molar-refractivity contribution < 1.29 is 0 Å². The number of rotatable bonds is 2. The number of nitrogens with zero attached hydrogens (tertiary/aromatic N) is 8. The zero-order valence-corrected chi connectivity index (χ0v) is 12.2. The maximum Gasteiger partial charge on any atom is 0.235 e. The van der Waals surface area contributed by atoms with Crippen LogP contribution in [-0.4, -0.2) is 39.2 Å². The molecule has 0 aliphatic carbocycles. The summed E-state index contributed by atoms with van der Waals surface area (Å²) in [5, 5.41) is 23.8. The third-order valence-electron chi connectivity index (χ3n) is 2.80. The molecule has 8 nitrogen and oxygen atoms in total. The third-order valence-corrected chi connectivity index (χ3v) is 4.23. The quantitative estimate of drug-likeness (QED) is 0.556. The second-order valence-electron chi connectivity index (χ2n) is 4.21. The van der Waals surface area contributed by atoms with Gasteiger partial charge in [-0.2, -0.15) is 14.7 Å². The van der Waals surface area contributed by atoms with Gasteiger partial charge in [0.2, 0.25) is 10.8 Å². The molecule has 4 rings (SSSR count). The summed E-state index contributed by atoms with van der Waals surface area (Å²) in [6, 6.07) is 1.96. The van der Waals surface area contributed by atoms with Crippen molar-refractivity contribution in [3.63, 3.8) is 0 Å². The van der Waals surface area contributed by atoms with Crippen LogP contribution in [0, 0.1) is 6.92 Å². The number of aromatic nitrogens is 8. The second-order valence-corrected chi connectivity index (χ2v) is 5.78. The van der Waals surface area contributed by atoms with Gasteiger partial charge >= 0.3 is 0 Å². The van der Waals surface area contributed by atoms with Crippen molar-refractivity contribution in [1.82, 2.24) is 39.2 Å². The first-order valence-electron chi connectivity index (χ1n) is 5.73. The Morgan fingerprint density at radius 3 is 2.75 bits per heavy atom. The molecule has 4 aromatic rings. The van der Waals surface area contributed by atoms with Crippen molar-refractivity contribution in [2.45, 2.75) is 6.92 Å². The highest BCUT2D eigenvalue weighted by Crippen LogP contribution is 2.27. The Morgan fingerprint density at radius 1 is 1.15 bits per heavy atom. The molecular formula is C10H8N8S2. The van der Waals surface area contributed by atoms with Crippen molar-refractivity contribution in [3.8, 4) is 22.2 Å². The van der Waals surface area contributed by atoms with E-state index in [0.717, 1.165) is 27.1 Å². The summed E-state index contributed by atoms with van der Waals surface area (Å²) in [5.74, 6) is 0.675. The molecular weight excluding hydrogens is 296 g/mol. The van der Waals surface area contributed by atoms with Gasteiger partial charge in [0.25, 0.3) is 0 Å². The minimum absolute atomic E-state index is 0.675. The first kappa shape index (κ1) is 11.6. The Hall–Kier alpha value is -2.20. The van der Waals surface area contributed by atoms with Crippen LogP contribution >= 0.6 is 22.9 Å². The van der Waals surface area contributed by atoms with Crippen LogP contribution in [0.1, 0.15) is 5.69 Å². The largest absolute Gasteiger partial charge is 0.264 e. The van der Waals surface area contributed by atoms with E-state index >= 15 is 0 Å². The molecule has 0 aromatic carbocycles. The standard InChI is InChI=1S/C10H8N8S2/c1-5-3-7(17(2)14-5)8-12-13-10-18(8)15-9(20-10)6-4-19-16-11-6/h3-4H,1-2H3. The molecule has 100 valence electrons. The van der Waals surface area contributed by atoms with Gasteiger partial charge in [0.05, 0.1) is 5.69 Å². The van der Waals surface area contributed by atoms with E-state index in [-0.39, 0.29) is 0 Å². The zero-order valence-electron chi connectivity index (χ0n) is 10.5. The first-order valence-corrected chi connectivity index (χ1v) is 7.38. The molecule has 0 amide bonds. The molecule has 4 aromatic heterocycles. The van der Waals surface area contributed by atoms with E-state index in [4.69, 9.17) is 0 Å². The van der Waals surface area contributed by atoms with E-state index < -0.39 is 0 Å². The number of fused-ring (bicyclic) bond motifs is 1. The lowest BCUT2D eigenvalue weighted by Crippen LogP contribution is -1.98. The lowest BCUT2D eigenvalue weighted by molar-refractivity contribution is 0.754. The van der Waals surface area contributed by atoms with Crippen LogP contribution in [-0.2, 0) is 7.05 Å². The monoisotopic (exact) mass is 304 g/mol. The molecule has 0 aliphatic rings. The van der Waals surface area contributed by atoms with Crippen LogP contribution in [0.25, 0.3) is 27.2 Å². The Balaban J connectivity index is 1.91. The van der Waals surface area contributed by atoms with E-state index in [0.29, 0.717) is 5.82 Å². The predicted molar refractivity (Wildman–Crippen MR) is 74.5 cm³/mol. The van der Waals surface area contributed by atoms with Crippen molar-refractivity contribution in [2.24, 2.45) is 7.05 Å². The maximum absolute atomic E-state index is 4.52. The summed E-state index contributed by atoms with van der Waals surface area (Å²) in [4.78, 5) is 0.724. The van der Waals surface area contributed by atoms with Gasteiger partial charge in [-0.05, 0) is 24.5 Å². The predicted octanol–water partition coefficient (Wildman–Crippen LogP) is 1.41. The molecule has 0 unspecified atom stereocenters. The van der Waals surface area contributed by atoms with Gasteiger partial charge in [-0.15, -0.1) is 15.3 Å². The smallest absolute Gasteiger partial charge is 0.235 e. The highest BCUT2D eigenvalue weighted by atomic mass is 32.1. The van der Waals surface area contributed by atoms with Crippen LogP contribution in [0.4, 0.5) is 0 Å². The summed E-state index contributed by atoms with van der Waals surface area (Å²) in [6.07, 6.45) is 0. The molecule has 4 heterocycles.